The number of amides is 1. The molecule has 2 N–H and O–H groups in total. The molecule has 1 saturated carbocycles. The highest BCUT2D eigenvalue weighted by Gasteiger charge is 2.35. The van der Waals surface area contributed by atoms with Crippen LogP contribution in [0.5, 0.6) is 0 Å². The lowest BCUT2D eigenvalue weighted by Gasteiger charge is -2.30. The van der Waals surface area contributed by atoms with Gasteiger partial charge in [-0.1, -0.05) is 48.5 Å². The number of carbonyl (C=O) groups excluding carboxylic acids is 1. The van der Waals surface area contributed by atoms with Crippen molar-refractivity contribution >= 4 is 11.6 Å². The molecule has 0 aliphatic heterocycles. The molecule has 1 aliphatic rings. The van der Waals surface area contributed by atoms with E-state index in [1.165, 1.54) is 0 Å². The van der Waals surface area contributed by atoms with E-state index in [0.717, 1.165) is 24.1 Å². The fraction of sp³-hybridized carbons (Fsp3) is 0.350. The Morgan fingerprint density at radius 1 is 1.08 bits per heavy atom. The van der Waals surface area contributed by atoms with Gasteiger partial charge in [-0.25, -0.2) is 0 Å². The Hall–Kier alpha value is -2.17. The summed E-state index contributed by atoms with van der Waals surface area (Å²) in [4.78, 5) is 14.5. The standard InChI is InChI=1S/C20H24N2O2/c23-15-19(17-11-12-17)22(13-16-7-3-1-4-8-16)14-20(24)21-18-9-5-2-6-10-18/h1-10,17,19,23H,11-15H2,(H,21,24). The molecule has 1 fully saturated rings. The van der Waals surface area contributed by atoms with Crippen LogP contribution in [0.4, 0.5) is 5.69 Å². The second-order valence-corrected chi connectivity index (χ2v) is 6.39. The largest absolute Gasteiger partial charge is 0.395 e. The van der Waals surface area contributed by atoms with Gasteiger partial charge in [-0.15, -0.1) is 0 Å². The summed E-state index contributed by atoms with van der Waals surface area (Å²) in [6.45, 7) is 1.05. The van der Waals surface area contributed by atoms with E-state index in [1.807, 2.05) is 48.5 Å². The smallest absolute Gasteiger partial charge is 0.238 e. The third kappa shape index (κ3) is 4.66. The maximum Gasteiger partial charge on any atom is 0.238 e. The number of rotatable bonds is 8. The number of nitrogens with zero attached hydrogens (tertiary/aromatic N) is 1. The fourth-order valence-electron chi connectivity index (χ4n) is 3.06. The number of nitrogens with one attached hydrogen (secondary N) is 1. The van der Waals surface area contributed by atoms with E-state index in [-0.39, 0.29) is 25.1 Å². The predicted molar refractivity (Wildman–Crippen MR) is 95.5 cm³/mol. The summed E-state index contributed by atoms with van der Waals surface area (Å²) in [7, 11) is 0. The van der Waals surface area contributed by atoms with Gasteiger partial charge in [-0.05, 0) is 36.5 Å². The van der Waals surface area contributed by atoms with Crippen LogP contribution in [0, 0.1) is 5.92 Å². The maximum atomic E-state index is 12.4. The Labute approximate surface area is 143 Å². The number of benzene rings is 2. The maximum absolute atomic E-state index is 12.4. The molecule has 0 radical (unpaired) electrons. The zero-order valence-electron chi connectivity index (χ0n) is 13.8. The summed E-state index contributed by atoms with van der Waals surface area (Å²) in [6, 6.07) is 19.6. The minimum atomic E-state index is -0.0452. The molecule has 126 valence electrons. The fourth-order valence-corrected chi connectivity index (χ4v) is 3.06. The van der Waals surface area contributed by atoms with Crippen molar-refractivity contribution in [1.29, 1.82) is 0 Å². The van der Waals surface area contributed by atoms with Gasteiger partial charge in [-0.3, -0.25) is 9.69 Å². The zero-order chi connectivity index (χ0) is 16.8. The van der Waals surface area contributed by atoms with Crippen LogP contribution in [0.2, 0.25) is 0 Å². The molecule has 0 bridgehead atoms. The van der Waals surface area contributed by atoms with Crippen LogP contribution in [-0.4, -0.2) is 35.1 Å². The van der Waals surface area contributed by atoms with Crippen molar-refractivity contribution in [3.8, 4) is 0 Å². The lowest BCUT2D eigenvalue weighted by atomic mass is 10.1. The molecule has 2 aromatic rings. The number of carbonyl (C=O) groups is 1. The van der Waals surface area contributed by atoms with Gasteiger partial charge < -0.3 is 10.4 Å². The van der Waals surface area contributed by atoms with Crippen molar-refractivity contribution in [3.05, 3.63) is 66.2 Å². The molecule has 0 aromatic heterocycles. The number of para-hydroxylation sites is 1. The van der Waals surface area contributed by atoms with Crippen LogP contribution in [0.1, 0.15) is 18.4 Å². The van der Waals surface area contributed by atoms with E-state index < -0.39 is 0 Å². The Balaban J connectivity index is 1.68. The number of hydrogen-bond donors (Lipinski definition) is 2. The number of hydrogen-bond acceptors (Lipinski definition) is 3. The van der Waals surface area contributed by atoms with Gasteiger partial charge >= 0.3 is 0 Å². The van der Waals surface area contributed by atoms with Crippen molar-refractivity contribution < 1.29 is 9.90 Å². The van der Waals surface area contributed by atoms with Crippen molar-refractivity contribution in [2.24, 2.45) is 5.92 Å². The molecule has 0 heterocycles. The minimum absolute atomic E-state index is 0.0452. The van der Waals surface area contributed by atoms with E-state index in [4.69, 9.17) is 0 Å². The summed E-state index contributed by atoms with van der Waals surface area (Å²) in [5.41, 5.74) is 1.96. The van der Waals surface area contributed by atoms with Crippen LogP contribution in [0.25, 0.3) is 0 Å². The van der Waals surface area contributed by atoms with Crippen LogP contribution >= 0.6 is 0 Å². The van der Waals surface area contributed by atoms with Crippen LogP contribution in [0.15, 0.2) is 60.7 Å². The molecule has 4 nitrogen and oxygen atoms in total. The first kappa shape index (κ1) is 16.7. The average Bonchev–Trinajstić information content (AvgIpc) is 3.42. The lowest BCUT2D eigenvalue weighted by molar-refractivity contribution is -0.118. The SMILES string of the molecule is O=C(CN(Cc1ccccc1)C(CO)C1CC1)Nc1ccccc1. The number of aliphatic hydroxyl groups is 1. The highest BCUT2D eigenvalue weighted by molar-refractivity contribution is 5.92. The Kier molecular flexibility index (Phi) is 5.62. The van der Waals surface area contributed by atoms with E-state index in [2.05, 4.69) is 22.3 Å². The molecule has 1 atom stereocenters. The van der Waals surface area contributed by atoms with Gasteiger partial charge in [-0.2, -0.15) is 0 Å². The molecule has 1 unspecified atom stereocenters. The van der Waals surface area contributed by atoms with Crippen molar-refractivity contribution in [1.82, 2.24) is 4.90 Å². The summed E-state index contributed by atoms with van der Waals surface area (Å²) in [5.74, 6) is 0.458. The normalized spacial score (nSPS) is 15.2. The van der Waals surface area contributed by atoms with Crippen LogP contribution in [0.3, 0.4) is 0 Å². The average molecular weight is 324 g/mol. The molecule has 0 saturated heterocycles. The first-order valence-electron chi connectivity index (χ1n) is 8.50. The second-order valence-electron chi connectivity index (χ2n) is 6.39. The van der Waals surface area contributed by atoms with E-state index in [1.54, 1.807) is 0 Å². The van der Waals surface area contributed by atoms with Crippen LogP contribution < -0.4 is 5.32 Å². The topological polar surface area (TPSA) is 52.6 Å². The van der Waals surface area contributed by atoms with Crippen molar-refractivity contribution in [3.63, 3.8) is 0 Å². The lowest BCUT2D eigenvalue weighted by Crippen LogP contribution is -2.43. The summed E-state index contributed by atoms with van der Waals surface area (Å²) < 4.78 is 0. The number of anilines is 1. The monoisotopic (exact) mass is 324 g/mol. The van der Waals surface area contributed by atoms with Crippen molar-refractivity contribution in [2.45, 2.75) is 25.4 Å². The van der Waals surface area contributed by atoms with Gasteiger partial charge in [0.15, 0.2) is 0 Å². The molecular weight excluding hydrogens is 300 g/mol. The minimum Gasteiger partial charge on any atom is -0.395 e. The second kappa shape index (κ2) is 8.08. The highest BCUT2D eigenvalue weighted by Crippen LogP contribution is 2.35. The Morgan fingerprint density at radius 2 is 1.71 bits per heavy atom. The third-order valence-electron chi connectivity index (χ3n) is 4.45. The van der Waals surface area contributed by atoms with E-state index >= 15 is 0 Å². The van der Waals surface area contributed by atoms with E-state index in [9.17, 15) is 9.90 Å². The van der Waals surface area contributed by atoms with Gasteiger partial charge in [0.2, 0.25) is 5.91 Å². The molecule has 2 aromatic carbocycles. The van der Waals surface area contributed by atoms with Gasteiger partial charge in [0, 0.05) is 18.3 Å². The van der Waals surface area contributed by atoms with Crippen LogP contribution in [-0.2, 0) is 11.3 Å². The number of aliphatic hydroxyl groups excluding tert-OH is 1. The molecule has 1 aliphatic carbocycles. The molecule has 24 heavy (non-hydrogen) atoms. The van der Waals surface area contributed by atoms with E-state index in [0.29, 0.717) is 12.5 Å². The Morgan fingerprint density at radius 3 is 2.29 bits per heavy atom. The molecule has 1 amide bonds. The molecular formula is C20H24N2O2. The van der Waals surface area contributed by atoms with Gasteiger partial charge in [0.25, 0.3) is 0 Å². The highest BCUT2D eigenvalue weighted by atomic mass is 16.3. The first-order chi connectivity index (χ1) is 11.8. The molecule has 4 heteroatoms. The summed E-state index contributed by atoms with van der Waals surface area (Å²) >= 11 is 0. The molecule has 3 rings (SSSR count). The Bertz CT molecular complexity index is 641. The molecule has 0 spiro atoms. The van der Waals surface area contributed by atoms with Gasteiger partial charge in [0.1, 0.15) is 0 Å². The first-order valence-corrected chi connectivity index (χ1v) is 8.50. The summed E-state index contributed by atoms with van der Waals surface area (Å²) in [5, 5.41) is 12.7. The zero-order valence-corrected chi connectivity index (χ0v) is 13.8. The van der Waals surface area contributed by atoms with Crippen molar-refractivity contribution in [2.75, 3.05) is 18.5 Å². The van der Waals surface area contributed by atoms with Gasteiger partial charge in [0.05, 0.1) is 13.2 Å². The quantitative estimate of drug-likeness (QED) is 0.785. The third-order valence-corrected chi connectivity index (χ3v) is 4.45. The predicted octanol–water partition coefficient (Wildman–Crippen LogP) is 2.90. The summed E-state index contributed by atoms with van der Waals surface area (Å²) in [6.07, 6.45) is 2.27.